The second kappa shape index (κ2) is 7.75. The number of nitrogens with two attached hydrogens (primary N) is 1. The van der Waals surface area contributed by atoms with E-state index in [1.807, 2.05) is 60.7 Å². The molecule has 0 radical (unpaired) electrons. The lowest BCUT2D eigenvalue weighted by Crippen LogP contribution is -2.48. The second-order valence-corrected chi connectivity index (χ2v) is 11.3. The number of fused-ring (bicyclic) bond motifs is 2. The average molecular weight is 429 g/mol. The molecule has 2 aromatic carbocycles. The Balaban J connectivity index is 1.64. The summed E-state index contributed by atoms with van der Waals surface area (Å²) in [5, 5.41) is 10.8. The van der Waals surface area contributed by atoms with Crippen LogP contribution < -0.4 is 10.5 Å². The van der Waals surface area contributed by atoms with Gasteiger partial charge in [0.1, 0.15) is 0 Å². The van der Waals surface area contributed by atoms with Crippen molar-refractivity contribution < 1.29 is 13.5 Å². The van der Waals surface area contributed by atoms with Gasteiger partial charge < -0.3 is 10.8 Å². The lowest BCUT2D eigenvalue weighted by molar-refractivity contribution is 0.0151. The molecule has 0 aliphatic heterocycles. The molecule has 0 heterocycles. The van der Waals surface area contributed by atoms with Crippen molar-refractivity contribution in [3.63, 3.8) is 0 Å². The molecule has 2 bridgehead atoms. The molecule has 6 heteroatoms. The molecule has 0 spiro atoms. The van der Waals surface area contributed by atoms with E-state index in [0.717, 1.165) is 24.0 Å². The summed E-state index contributed by atoms with van der Waals surface area (Å²) in [4.78, 5) is 0. The van der Waals surface area contributed by atoms with Crippen LogP contribution in [0.5, 0.6) is 0 Å². The van der Waals surface area contributed by atoms with Gasteiger partial charge in [-0.05, 0) is 41.7 Å². The van der Waals surface area contributed by atoms with Gasteiger partial charge in [-0.2, -0.15) is 0 Å². The van der Waals surface area contributed by atoms with Crippen molar-refractivity contribution in [3.8, 4) is 0 Å². The molecule has 5 nitrogen and oxygen atoms in total. The Kier molecular flexibility index (Phi) is 5.56. The summed E-state index contributed by atoms with van der Waals surface area (Å²) in [5.74, 6) is 0.300. The first-order chi connectivity index (χ1) is 14.2. The Morgan fingerprint density at radius 1 is 1.07 bits per heavy atom. The number of benzene rings is 2. The van der Waals surface area contributed by atoms with E-state index in [-0.39, 0.29) is 11.2 Å². The predicted octanol–water partition coefficient (Wildman–Crippen LogP) is 3.53. The topological polar surface area (TPSA) is 92.4 Å². The normalized spacial score (nSPS) is 29.6. The van der Waals surface area contributed by atoms with Crippen LogP contribution in [0.4, 0.5) is 0 Å². The molecule has 2 fully saturated rings. The van der Waals surface area contributed by atoms with Gasteiger partial charge in [0.25, 0.3) is 0 Å². The fraction of sp³-hybridized carbons (Fsp3) is 0.500. The Morgan fingerprint density at radius 3 is 2.13 bits per heavy atom. The number of aliphatic hydroxyl groups excluding tert-OH is 1. The van der Waals surface area contributed by atoms with Gasteiger partial charge in [0.15, 0.2) is 0 Å². The van der Waals surface area contributed by atoms with Crippen molar-refractivity contribution in [1.82, 2.24) is 4.72 Å². The van der Waals surface area contributed by atoms with E-state index in [9.17, 15) is 13.5 Å². The van der Waals surface area contributed by atoms with Gasteiger partial charge in [0.2, 0.25) is 10.0 Å². The molecular formula is C24H32N2O3S. The molecule has 5 atom stereocenters. The maximum atomic E-state index is 13.4. The summed E-state index contributed by atoms with van der Waals surface area (Å²) in [7, 11) is -3.70. The van der Waals surface area contributed by atoms with Gasteiger partial charge in [0.05, 0.1) is 23.9 Å². The largest absolute Gasteiger partial charge is 0.392 e. The summed E-state index contributed by atoms with van der Waals surface area (Å²) in [6.45, 7) is 4.22. The van der Waals surface area contributed by atoms with Crippen LogP contribution in [0.3, 0.4) is 0 Å². The zero-order valence-corrected chi connectivity index (χ0v) is 18.5. The van der Waals surface area contributed by atoms with E-state index in [1.54, 1.807) is 0 Å². The predicted molar refractivity (Wildman–Crippen MR) is 119 cm³/mol. The zero-order chi connectivity index (χ0) is 21.6. The Morgan fingerprint density at radius 2 is 1.63 bits per heavy atom. The minimum Gasteiger partial charge on any atom is -0.392 e. The van der Waals surface area contributed by atoms with Crippen LogP contribution in [0.15, 0.2) is 60.7 Å². The van der Waals surface area contributed by atoms with E-state index >= 15 is 0 Å². The van der Waals surface area contributed by atoms with E-state index in [0.29, 0.717) is 12.3 Å². The smallest absolute Gasteiger partial charge is 0.212 e. The number of hydrogen-bond acceptors (Lipinski definition) is 4. The van der Waals surface area contributed by atoms with E-state index < -0.39 is 33.6 Å². The first kappa shape index (κ1) is 21.5. The highest BCUT2D eigenvalue weighted by molar-refractivity contribution is 7.89. The molecule has 4 N–H and O–H groups in total. The first-order valence-corrected chi connectivity index (χ1v) is 12.3. The van der Waals surface area contributed by atoms with Crippen LogP contribution in [0.1, 0.15) is 56.3 Å². The fourth-order valence-corrected chi connectivity index (χ4v) is 7.97. The molecule has 2 aliphatic carbocycles. The lowest BCUT2D eigenvalue weighted by Gasteiger charge is -2.40. The highest BCUT2D eigenvalue weighted by Crippen LogP contribution is 2.66. The molecule has 2 saturated carbocycles. The SMILES string of the molecule is CC1(C)C2CC[C@@]1(CS(=O)(=O)N[C@@H](c1ccccc1)[C@@H](N)c1ccccc1)[C@@H](O)C2. The molecule has 2 aliphatic rings. The fourth-order valence-electron chi connectivity index (χ4n) is 5.83. The van der Waals surface area contributed by atoms with E-state index in [4.69, 9.17) is 5.73 Å². The first-order valence-electron chi connectivity index (χ1n) is 10.7. The minimum absolute atomic E-state index is 0.0739. The van der Waals surface area contributed by atoms with Gasteiger partial charge >= 0.3 is 0 Å². The monoisotopic (exact) mass is 428 g/mol. The van der Waals surface area contributed by atoms with Gasteiger partial charge in [-0.1, -0.05) is 74.5 Å². The third-order valence-electron chi connectivity index (χ3n) is 7.84. The van der Waals surface area contributed by atoms with Crippen molar-refractivity contribution >= 4 is 10.0 Å². The third-order valence-corrected chi connectivity index (χ3v) is 9.35. The lowest BCUT2D eigenvalue weighted by atomic mass is 9.70. The van der Waals surface area contributed by atoms with Crippen molar-refractivity contribution in [3.05, 3.63) is 71.8 Å². The van der Waals surface area contributed by atoms with Crippen molar-refractivity contribution in [1.29, 1.82) is 0 Å². The third kappa shape index (κ3) is 3.60. The highest BCUT2D eigenvalue weighted by Gasteiger charge is 2.65. The van der Waals surface area contributed by atoms with Crippen molar-refractivity contribution in [2.75, 3.05) is 5.75 Å². The van der Waals surface area contributed by atoms with Crippen molar-refractivity contribution in [2.24, 2.45) is 22.5 Å². The summed E-state index contributed by atoms with van der Waals surface area (Å²) in [6, 6.07) is 17.9. The molecule has 0 saturated heterocycles. The summed E-state index contributed by atoms with van der Waals surface area (Å²) < 4.78 is 29.8. The molecule has 0 amide bonds. The molecule has 4 rings (SSSR count). The molecular weight excluding hydrogens is 396 g/mol. The summed E-state index contributed by atoms with van der Waals surface area (Å²) in [6.07, 6.45) is 1.83. The van der Waals surface area contributed by atoms with Crippen LogP contribution in [0.25, 0.3) is 0 Å². The Labute approximate surface area is 179 Å². The Bertz CT molecular complexity index is 978. The molecule has 2 aromatic rings. The Hall–Kier alpha value is -1.73. The second-order valence-electron chi connectivity index (χ2n) is 9.57. The number of aliphatic hydroxyl groups is 1. The number of rotatable bonds is 7. The van der Waals surface area contributed by atoms with Crippen molar-refractivity contribution in [2.45, 2.75) is 51.3 Å². The minimum atomic E-state index is -3.70. The summed E-state index contributed by atoms with van der Waals surface area (Å²) in [5.41, 5.74) is 7.45. The van der Waals surface area contributed by atoms with Gasteiger partial charge in [-0.25, -0.2) is 13.1 Å². The molecule has 162 valence electrons. The maximum Gasteiger partial charge on any atom is 0.212 e. The number of nitrogens with one attached hydrogen (secondary N) is 1. The quantitative estimate of drug-likeness (QED) is 0.629. The van der Waals surface area contributed by atoms with Crippen LogP contribution in [-0.2, 0) is 10.0 Å². The molecule has 30 heavy (non-hydrogen) atoms. The zero-order valence-electron chi connectivity index (χ0n) is 17.7. The van der Waals surface area contributed by atoms with Gasteiger partial charge in [-0.3, -0.25) is 0 Å². The van der Waals surface area contributed by atoms with Crippen LogP contribution in [0.2, 0.25) is 0 Å². The standard InChI is InChI=1S/C24H32N2O3S/c1-23(2)19-13-14-24(23,20(27)15-19)16-30(28,29)26-22(18-11-7-4-8-12-18)21(25)17-9-5-3-6-10-17/h3-12,19-22,26-27H,13-16,25H2,1-2H3/t19?,20-,21-,22-,24+/m0/s1. The van der Waals surface area contributed by atoms with Gasteiger partial charge in [0, 0.05) is 5.41 Å². The number of hydrogen-bond donors (Lipinski definition) is 3. The van der Waals surface area contributed by atoms with Crippen LogP contribution >= 0.6 is 0 Å². The highest BCUT2D eigenvalue weighted by atomic mass is 32.2. The van der Waals surface area contributed by atoms with Gasteiger partial charge in [-0.15, -0.1) is 0 Å². The van der Waals surface area contributed by atoms with E-state index in [2.05, 4.69) is 18.6 Å². The number of sulfonamides is 1. The average Bonchev–Trinajstić information content (AvgIpc) is 3.07. The summed E-state index contributed by atoms with van der Waals surface area (Å²) >= 11 is 0. The molecule has 1 unspecified atom stereocenters. The maximum absolute atomic E-state index is 13.4. The van der Waals surface area contributed by atoms with E-state index in [1.165, 1.54) is 0 Å². The van der Waals surface area contributed by atoms with Crippen LogP contribution in [0, 0.1) is 16.7 Å². The van der Waals surface area contributed by atoms with Crippen LogP contribution in [-0.4, -0.2) is 25.4 Å². The molecule has 0 aromatic heterocycles.